The lowest BCUT2D eigenvalue weighted by molar-refractivity contribution is 0.721. The molecule has 0 bridgehead atoms. The Morgan fingerprint density at radius 3 is 2.22 bits per heavy atom. The lowest BCUT2D eigenvalue weighted by Gasteiger charge is -2.22. The van der Waals surface area contributed by atoms with Gasteiger partial charge >= 0.3 is 0 Å². The molecule has 0 aliphatic carbocycles. The van der Waals surface area contributed by atoms with Crippen LogP contribution in [0.3, 0.4) is 0 Å². The molecular weight excluding hydrogens is 334 g/mol. The van der Waals surface area contributed by atoms with Crippen molar-refractivity contribution in [3.8, 4) is 11.3 Å². The quantitative estimate of drug-likeness (QED) is 0.624. The van der Waals surface area contributed by atoms with E-state index in [9.17, 15) is 0 Å². The van der Waals surface area contributed by atoms with Gasteiger partial charge in [0.05, 0.1) is 5.69 Å². The lowest BCUT2D eigenvalue weighted by Crippen LogP contribution is -2.25. The molecule has 27 heavy (non-hydrogen) atoms. The maximum absolute atomic E-state index is 4.86. The molecule has 0 radical (unpaired) electrons. The summed E-state index contributed by atoms with van der Waals surface area (Å²) in [6, 6.07) is 4.46. The summed E-state index contributed by atoms with van der Waals surface area (Å²) in [7, 11) is 2.01. The van der Waals surface area contributed by atoms with Gasteiger partial charge in [0.1, 0.15) is 11.3 Å². The molecule has 0 saturated carbocycles. The van der Waals surface area contributed by atoms with Gasteiger partial charge in [-0.3, -0.25) is 4.68 Å². The number of aromatic nitrogens is 4. The van der Waals surface area contributed by atoms with Gasteiger partial charge in [-0.2, -0.15) is 5.10 Å². The Balaban J connectivity index is 2.27. The molecular formula is C22H31N5. The molecule has 0 unspecified atom stereocenters. The SMILES string of the molecule is CCCCN(CC)c1nc(C)nc2c(-c3c(C)cc(C)cc3C)n(C)nc12. The zero-order valence-electron chi connectivity index (χ0n) is 17.7. The minimum Gasteiger partial charge on any atom is -0.355 e. The molecule has 1 aromatic carbocycles. The number of fused-ring (bicyclic) bond motifs is 1. The van der Waals surface area contributed by atoms with E-state index in [0.717, 1.165) is 47.9 Å². The zero-order chi connectivity index (χ0) is 19.7. The topological polar surface area (TPSA) is 46.8 Å². The summed E-state index contributed by atoms with van der Waals surface area (Å²) in [5, 5.41) is 4.86. The smallest absolute Gasteiger partial charge is 0.160 e. The first-order chi connectivity index (χ1) is 12.9. The minimum absolute atomic E-state index is 0.795. The molecule has 0 aliphatic rings. The Morgan fingerprint density at radius 1 is 0.963 bits per heavy atom. The van der Waals surface area contributed by atoms with E-state index in [-0.39, 0.29) is 0 Å². The normalized spacial score (nSPS) is 11.4. The molecule has 0 spiro atoms. The molecule has 0 atom stereocenters. The van der Waals surface area contributed by atoms with Gasteiger partial charge in [-0.05, 0) is 52.2 Å². The fourth-order valence-corrected chi connectivity index (χ4v) is 3.98. The highest BCUT2D eigenvalue weighted by Gasteiger charge is 2.22. The standard InChI is InChI=1S/C22H31N5/c1-8-10-11-27(9-2)22-20-19(23-17(6)24-22)21(26(7)25-20)18-15(4)12-14(3)13-16(18)5/h12-13H,8-11H2,1-7H3. The van der Waals surface area contributed by atoms with E-state index in [1.807, 2.05) is 18.7 Å². The number of benzene rings is 1. The number of anilines is 1. The highest BCUT2D eigenvalue weighted by atomic mass is 15.3. The third-order valence-electron chi connectivity index (χ3n) is 5.15. The number of hydrogen-bond acceptors (Lipinski definition) is 4. The van der Waals surface area contributed by atoms with Crippen LogP contribution in [0.2, 0.25) is 0 Å². The summed E-state index contributed by atoms with van der Waals surface area (Å²) in [5.74, 6) is 1.75. The van der Waals surface area contributed by atoms with Crippen molar-refractivity contribution in [2.75, 3.05) is 18.0 Å². The van der Waals surface area contributed by atoms with Gasteiger partial charge in [0, 0.05) is 25.7 Å². The third-order valence-corrected chi connectivity index (χ3v) is 5.15. The van der Waals surface area contributed by atoms with Gasteiger partial charge < -0.3 is 4.90 Å². The highest BCUT2D eigenvalue weighted by molar-refractivity contribution is 5.97. The highest BCUT2D eigenvalue weighted by Crippen LogP contribution is 2.35. The third kappa shape index (κ3) is 3.55. The van der Waals surface area contributed by atoms with Gasteiger partial charge in [0.2, 0.25) is 0 Å². The molecule has 0 N–H and O–H groups in total. The van der Waals surface area contributed by atoms with E-state index in [0.29, 0.717) is 0 Å². The summed E-state index contributed by atoms with van der Waals surface area (Å²) in [5.41, 5.74) is 7.95. The fourth-order valence-electron chi connectivity index (χ4n) is 3.98. The predicted molar refractivity (Wildman–Crippen MR) is 113 cm³/mol. The summed E-state index contributed by atoms with van der Waals surface area (Å²) < 4.78 is 1.97. The second-order valence-corrected chi connectivity index (χ2v) is 7.47. The Bertz CT molecular complexity index is 947. The van der Waals surface area contributed by atoms with Gasteiger partial charge in [-0.15, -0.1) is 0 Å². The molecule has 2 heterocycles. The molecule has 0 saturated heterocycles. The van der Waals surface area contributed by atoms with Crippen molar-refractivity contribution >= 4 is 16.9 Å². The van der Waals surface area contributed by atoms with Crippen LogP contribution in [0, 0.1) is 27.7 Å². The molecule has 3 rings (SSSR count). The van der Waals surface area contributed by atoms with E-state index in [4.69, 9.17) is 15.1 Å². The molecule has 0 fully saturated rings. The van der Waals surface area contributed by atoms with Crippen molar-refractivity contribution in [3.63, 3.8) is 0 Å². The van der Waals surface area contributed by atoms with Gasteiger partial charge in [-0.25, -0.2) is 9.97 Å². The Morgan fingerprint density at radius 2 is 1.63 bits per heavy atom. The number of rotatable bonds is 6. The number of aryl methyl sites for hydroxylation is 5. The van der Waals surface area contributed by atoms with Crippen LogP contribution in [-0.4, -0.2) is 32.8 Å². The second kappa shape index (κ2) is 7.67. The maximum atomic E-state index is 4.86. The van der Waals surface area contributed by atoms with Crippen LogP contribution in [0.1, 0.15) is 49.2 Å². The summed E-state index contributed by atoms with van der Waals surface area (Å²) in [4.78, 5) is 11.9. The first kappa shape index (κ1) is 19.3. The van der Waals surface area contributed by atoms with Crippen molar-refractivity contribution < 1.29 is 0 Å². The first-order valence-corrected chi connectivity index (χ1v) is 9.91. The van der Waals surface area contributed by atoms with Gasteiger partial charge in [0.25, 0.3) is 0 Å². The van der Waals surface area contributed by atoms with Crippen LogP contribution < -0.4 is 4.90 Å². The summed E-state index contributed by atoms with van der Waals surface area (Å²) in [6.45, 7) is 14.8. The molecule has 144 valence electrons. The average molecular weight is 366 g/mol. The molecule has 5 nitrogen and oxygen atoms in total. The van der Waals surface area contributed by atoms with E-state index in [1.54, 1.807) is 0 Å². The van der Waals surface area contributed by atoms with E-state index in [2.05, 4.69) is 51.7 Å². The van der Waals surface area contributed by atoms with Crippen molar-refractivity contribution in [3.05, 3.63) is 34.6 Å². The fraction of sp³-hybridized carbons (Fsp3) is 0.500. The Kier molecular flexibility index (Phi) is 5.49. The van der Waals surface area contributed by atoms with Crippen LogP contribution in [0.4, 0.5) is 5.82 Å². The first-order valence-electron chi connectivity index (χ1n) is 9.91. The Hall–Kier alpha value is -2.43. The zero-order valence-corrected chi connectivity index (χ0v) is 17.7. The van der Waals surface area contributed by atoms with E-state index >= 15 is 0 Å². The second-order valence-electron chi connectivity index (χ2n) is 7.47. The average Bonchev–Trinajstić information content (AvgIpc) is 2.91. The maximum Gasteiger partial charge on any atom is 0.160 e. The van der Waals surface area contributed by atoms with Crippen molar-refractivity contribution in [1.29, 1.82) is 0 Å². The summed E-state index contributed by atoms with van der Waals surface area (Å²) >= 11 is 0. The van der Waals surface area contributed by atoms with E-state index in [1.165, 1.54) is 28.7 Å². The largest absolute Gasteiger partial charge is 0.355 e. The molecule has 3 aromatic rings. The van der Waals surface area contributed by atoms with E-state index < -0.39 is 0 Å². The number of unbranched alkanes of at least 4 members (excludes halogenated alkanes) is 1. The van der Waals surface area contributed by atoms with Crippen LogP contribution in [0.5, 0.6) is 0 Å². The van der Waals surface area contributed by atoms with Crippen molar-refractivity contribution in [1.82, 2.24) is 19.7 Å². The van der Waals surface area contributed by atoms with Gasteiger partial charge in [0.15, 0.2) is 11.3 Å². The molecule has 2 aromatic heterocycles. The molecule has 5 heteroatoms. The number of hydrogen-bond donors (Lipinski definition) is 0. The van der Waals surface area contributed by atoms with Crippen LogP contribution in [0.15, 0.2) is 12.1 Å². The molecule has 0 aliphatic heterocycles. The van der Waals surface area contributed by atoms with Gasteiger partial charge in [-0.1, -0.05) is 31.0 Å². The van der Waals surface area contributed by atoms with Crippen molar-refractivity contribution in [2.24, 2.45) is 7.05 Å². The lowest BCUT2D eigenvalue weighted by atomic mass is 9.96. The van der Waals surface area contributed by atoms with Crippen LogP contribution in [-0.2, 0) is 7.05 Å². The monoisotopic (exact) mass is 365 g/mol. The van der Waals surface area contributed by atoms with Crippen LogP contribution >= 0.6 is 0 Å². The predicted octanol–water partition coefficient (Wildman–Crippen LogP) is 4.89. The van der Waals surface area contributed by atoms with Crippen LogP contribution in [0.25, 0.3) is 22.3 Å². The number of nitrogens with zero attached hydrogens (tertiary/aromatic N) is 5. The minimum atomic E-state index is 0.795. The van der Waals surface area contributed by atoms with Crippen molar-refractivity contribution in [2.45, 2.75) is 54.4 Å². The summed E-state index contributed by atoms with van der Waals surface area (Å²) in [6.07, 6.45) is 2.31. The molecule has 0 amide bonds. The Labute approximate surface area is 162 Å².